The number of carbonyl (C=O) groups excluding carboxylic acids is 1. The number of benzene rings is 2. The molecule has 0 aliphatic heterocycles. The molecule has 2 aromatic carbocycles. The van der Waals surface area contributed by atoms with Crippen molar-refractivity contribution in [2.24, 2.45) is 16.2 Å². The molecule has 4 rings (SSSR count). The predicted octanol–water partition coefficient (Wildman–Crippen LogP) is 4.06. The van der Waals surface area contributed by atoms with Crippen LogP contribution in [0.5, 0.6) is 0 Å². The summed E-state index contributed by atoms with van der Waals surface area (Å²) in [5, 5.41) is 19.6. The number of fused-ring (bicyclic) bond motifs is 1. The molecule has 4 aromatic rings. The van der Waals surface area contributed by atoms with Gasteiger partial charge in [-0.25, -0.2) is 9.97 Å². The first-order valence-electron chi connectivity index (χ1n) is 10.9. The zero-order valence-electron chi connectivity index (χ0n) is 19.7. The van der Waals surface area contributed by atoms with Crippen LogP contribution in [0.4, 0.5) is 11.4 Å². The van der Waals surface area contributed by atoms with E-state index in [2.05, 4.69) is 31.7 Å². The molecule has 35 heavy (non-hydrogen) atoms. The SMILES string of the molecule is CN(C(=O)c1cn2c(-c3ccc(NC(C)(C)CN=NN)cc3)cnc2cn1)c1ccc(C#N)cc1. The highest BCUT2D eigenvalue weighted by molar-refractivity contribution is 6.04. The second kappa shape index (κ2) is 9.61. The van der Waals surface area contributed by atoms with Crippen LogP contribution in [0.15, 0.2) is 77.5 Å². The quantitative estimate of drug-likeness (QED) is 0.239. The molecule has 0 aliphatic rings. The van der Waals surface area contributed by atoms with Gasteiger partial charge in [0.1, 0.15) is 5.69 Å². The molecule has 3 N–H and O–H groups in total. The minimum absolute atomic E-state index is 0.271. The lowest BCUT2D eigenvalue weighted by Gasteiger charge is -2.25. The lowest BCUT2D eigenvalue weighted by molar-refractivity contribution is 0.0988. The summed E-state index contributed by atoms with van der Waals surface area (Å²) in [5.74, 6) is 4.85. The second-order valence-corrected chi connectivity index (χ2v) is 8.67. The molecule has 0 spiro atoms. The monoisotopic (exact) mass is 467 g/mol. The Hall–Kier alpha value is -4.78. The van der Waals surface area contributed by atoms with Gasteiger partial charge in [-0.3, -0.25) is 9.20 Å². The fraction of sp³-hybridized carbons (Fsp3) is 0.200. The summed E-state index contributed by atoms with van der Waals surface area (Å²) in [6, 6.07) is 16.8. The van der Waals surface area contributed by atoms with Gasteiger partial charge < -0.3 is 16.1 Å². The van der Waals surface area contributed by atoms with E-state index in [1.54, 1.807) is 49.9 Å². The first kappa shape index (κ1) is 23.4. The molecule has 2 aromatic heterocycles. The van der Waals surface area contributed by atoms with Gasteiger partial charge in [0.15, 0.2) is 5.65 Å². The first-order valence-corrected chi connectivity index (χ1v) is 10.9. The van der Waals surface area contributed by atoms with E-state index in [0.29, 0.717) is 23.4 Å². The Morgan fingerprint density at radius 1 is 1.14 bits per heavy atom. The van der Waals surface area contributed by atoms with Crippen molar-refractivity contribution < 1.29 is 4.79 Å². The van der Waals surface area contributed by atoms with E-state index in [0.717, 1.165) is 16.9 Å². The summed E-state index contributed by atoms with van der Waals surface area (Å²) in [5.41, 5.74) is 4.50. The number of nitrogens with two attached hydrogens (primary N) is 1. The molecule has 10 heteroatoms. The molecule has 0 bridgehead atoms. The molecule has 0 saturated carbocycles. The van der Waals surface area contributed by atoms with E-state index >= 15 is 0 Å². The molecule has 0 unspecified atom stereocenters. The second-order valence-electron chi connectivity index (χ2n) is 8.67. The van der Waals surface area contributed by atoms with Crippen molar-refractivity contribution >= 4 is 22.9 Å². The lowest BCUT2D eigenvalue weighted by Crippen LogP contribution is -2.34. The maximum absolute atomic E-state index is 13.1. The summed E-state index contributed by atoms with van der Waals surface area (Å²) in [4.78, 5) is 23.3. The topological polar surface area (TPSA) is 137 Å². The minimum Gasteiger partial charge on any atom is -0.378 e. The predicted molar refractivity (Wildman–Crippen MR) is 134 cm³/mol. The fourth-order valence-electron chi connectivity index (χ4n) is 3.63. The molecule has 0 radical (unpaired) electrons. The van der Waals surface area contributed by atoms with Crippen molar-refractivity contribution in [2.75, 3.05) is 23.8 Å². The van der Waals surface area contributed by atoms with E-state index in [-0.39, 0.29) is 17.1 Å². The van der Waals surface area contributed by atoms with Gasteiger partial charge in [0, 0.05) is 30.2 Å². The number of carbonyl (C=O) groups is 1. The molecule has 1 amide bonds. The minimum atomic E-state index is -0.310. The Bertz CT molecular complexity index is 1410. The number of amides is 1. The van der Waals surface area contributed by atoms with Crippen LogP contribution < -0.4 is 16.1 Å². The summed E-state index contributed by atoms with van der Waals surface area (Å²) in [6.45, 7) is 4.47. The fourth-order valence-corrected chi connectivity index (χ4v) is 3.63. The van der Waals surface area contributed by atoms with Gasteiger partial charge >= 0.3 is 0 Å². The van der Waals surface area contributed by atoms with E-state index in [4.69, 9.17) is 11.1 Å². The summed E-state index contributed by atoms with van der Waals surface area (Å²) in [6.07, 6.45) is 5.02. The van der Waals surface area contributed by atoms with Crippen molar-refractivity contribution in [2.45, 2.75) is 19.4 Å². The number of hydrogen-bond acceptors (Lipinski definition) is 7. The van der Waals surface area contributed by atoms with Crippen LogP contribution in [0.25, 0.3) is 16.9 Å². The molecule has 0 aliphatic carbocycles. The third kappa shape index (κ3) is 5.09. The average molecular weight is 468 g/mol. The molecule has 176 valence electrons. The van der Waals surface area contributed by atoms with Gasteiger partial charge in [-0.15, -0.1) is 0 Å². The van der Waals surface area contributed by atoms with E-state index in [1.165, 1.54) is 4.90 Å². The zero-order valence-corrected chi connectivity index (χ0v) is 19.7. The maximum atomic E-state index is 13.1. The molecule has 10 nitrogen and oxygen atoms in total. The van der Waals surface area contributed by atoms with Gasteiger partial charge in [0.25, 0.3) is 5.91 Å². The summed E-state index contributed by atoms with van der Waals surface area (Å²) >= 11 is 0. The van der Waals surface area contributed by atoms with Gasteiger partial charge in [-0.05, 0) is 50.2 Å². The molecule has 2 heterocycles. The molecule has 0 saturated heterocycles. The first-order chi connectivity index (χ1) is 16.8. The molecular formula is C25H25N9O. The van der Waals surface area contributed by atoms with Gasteiger partial charge in [0.05, 0.1) is 41.8 Å². The molecule has 0 atom stereocenters. The lowest BCUT2D eigenvalue weighted by atomic mass is 10.0. The number of nitriles is 1. The average Bonchev–Trinajstić information content (AvgIpc) is 3.30. The Labute approximate surface area is 202 Å². The van der Waals surface area contributed by atoms with Crippen molar-refractivity contribution in [1.82, 2.24) is 14.4 Å². The number of rotatable bonds is 7. The van der Waals surface area contributed by atoms with E-state index in [1.807, 2.05) is 42.5 Å². The number of anilines is 2. The Morgan fingerprint density at radius 2 is 1.86 bits per heavy atom. The van der Waals surface area contributed by atoms with Crippen molar-refractivity contribution in [3.8, 4) is 17.3 Å². The highest BCUT2D eigenvalue weighted by Crippen LogP contribution is 2.25. The molecular weight excluding hydrogens is 442 g/mol. The van der Waals surface area contributed by atoms with Crippen LogP contribution in [0, 0.1) is 11.3 Å². The summed E-state index contributed by atoms with van der Waals surface area (Å²) < 4.78 is 1.85. The highest BCUT2D eigenvalue weighted by atomic mass is 16.2. The van der Waals surface area contributed by atoms with Crippen molar-refractivity contribution in [3.63, 3.8) is 0 Å². The maximum Gasteiger partial charge on any atom is 0.278 e. The van der Waals surface area contributed by atoms with Gasteiger partial charge in [-0.2, -0.15) is 10.4 Å². The van der Waals surface area contributed by atoms with Crippen LogP contribution >= 0.6 is 0 Å². The molecule has 0 fully saturated rings. The highest BCUT2D eigenvalue weighted by Gasteiger charge is 2.19. The Kier molecular flexibility index (Phi) is 6.42. The van der Waals surface area contributed by atoms with Crippen LogP contribution in [0.1, 0.15) is 29.9 Å². The Morgan fingerprint density at radius 3 is 2.51 bits per heavy atom. The van der Waals surface area contributed by atoms with Gasteiger partial charge in [-0.1, -0.05) is 17.4 Å². The number of nitrogens with zero attached hydrogens (tertiary/aromatic N) is 7. The van der Waals surface area contributed by atoms with E-state index in [9.17, 15) is 4.79 Å². The van der Waals surface area contributed by atoms with Crippen LogP contribution in [-0.2, 0) is 0 Å². The number of nitrogens with one attached hydrogen (secondary N) is 1. The number of aromatic nitrogens is 3. The van der Waals surface area contributed by atoms with Crippen molar-refractivity contribution in [1.29, 1.82) is 5.26 Å². The third-order valence-corrected chi connectivity index (χ3v) is 5.51. The van der Waals surface area contributed by atoms with Crippen LogP contribution in [0.2, 0.25) is 0 Å². The normalized spacial score (nSPS) is 11.5. The van der Waals surface area contributed by atoms with Crippen LogP contribution in [-0.4, -0.2) is 39.4 Å². The number of imidazole rings is 1. The standard InChI is InChI=1S/C25H25N9O/c1-25(2,16-30-32-27)31-19-8-6-18(7-9-19)22-13-29-23-14-28-21(15-34(22)23)24(35)33(3)20-10-4-17(12-26)5-11-20/h4-11,13-15,31H,16H2,1-3H3,(H2,27,30). The van der Waals surface area contributed by atoms with Crippen molar-refractivity contribution in [3.05, 3.63) is 78.4 Å². The number of hydrogen-bond donors (Lipinski definition) is 2. The zero-order chi connectivity index (χ0) is 25.0. The third-order valence-electron chi connectivity index (χ3n) is 5.51. The van der Waals surface area contributed by atoms with E-state index < -0.39 is 0 Å². The van der Waals surface area contributed by atoms with Crippen LogP contribution in [0.3, 0.4) is 0 Å². The van der Waals surface area contributed by atoms with Gasteiger partial charge in [0.2, 0.25) is 0 Å². The Balaban J connectivity index is 1.58. The largest absolute Gasteiger partial charge is 0.378 e. The smallest absolute Gasteiger partial charge is 0.278 e. The summed E-state index contributed by atoms with van der Waals surface area (Å²) in [7, 11) is 1.67.